The summed E-state index contributed by atoms with van der Waals surface area (Å²) in [6.07, 6.45) is 33.1. The number of rotatable bonds is 23. The standard InChI is InChI=1S/C27H57N/c1-4-5-6-7-8-9-10-11-12-13-14-15-16-17-18-19-20-21-22-23-24-25-26-27(2,3)28/h4-26,28H2,1-3H3. The van der Waals surface area contributed by atoms with Gasteiger partial charge in [-0.15, -0.1) is 0 Å². The van der Waals surface area contributed by atoms with Crippen LogP contribution in [0.5, 0.6) is 0 Å². The highest BCUT2D eigenvalue weighted by Crippen LogP contribution is 2.16. The van der Waals surface area contributed by atoms with Crippen LogP contribution in [0.3, 0.4) is 0 Å². The highest BCUT2D eigenvalue weighted by atomic mass is 14.7. The Labute approximate surface area is 180 Å². The second kappa shape index (κ2) is 21.7. The maximum Gasteiger partial charge on any atom is 0.00970 e. The van der Waals surface area contributed by atoms with E-state index in [2.05, 4.69) is 20.8 Å². The average molecular weight is 396 g/mol. The molecule has 0 aliphatic rings. The summed E-state index contributed by atoms with van der Waals surface area (Å²) in [5, 5.41) is 0. The maximum absolute atomic E-state index is 6.02. The van der Waals surface area contributed by atoms with Crippen LogP contribution in [0.15, 0.2) is 0 Å². The smallest absolute Gasteiger partial charge is 0.00970 e. The molecule has 170 valence electrons. The second-order valence-corrected chi connectivity index (χ2v) is 10.2. The van der Waals surface area contributed by atoms with Crippen molar-refractivity contribution >= 4 is 0 Å². The molecule has 0 saturated carbocycles. The molecular weight excluding hydrogens is 338 g/mol. The molecule has 0 unspecified atom stereocenters. The molecule has 0 aromatic rings. The van der Waals surface area contributed by atoms with Crippen LogP contribution in [0.1, 0.15) is 168 Å². The van der Waals surface area contributed by atoms with Crippen LogP contribution in [0.4, 0.5) is 0 Å². The minimum Gasteiger partial charge on any atom is -0.326 e. The Balaban J connectivity index is 3.01. The molecule has 0 radical (unpaired) electrons. The van der Waals surface area contributed by atoms with Gasteiger partial charge in [0.05, 0.1) is 0 Å². The predicted molar refractivity (Wildman–Crippen MR) is 130 cm³/mol. The summed E-state index contributed by atoms with van der Waals surface area (Å²) >= 11 is 0. The van der Waals surface area contributed by atoms with Gasteiger partial charge in [-0.1, -0.05) is 148 Å². The summed E-state index contributed by atoms with van der Waals surface area (Å²) in [5.74, 6) is 0. The Hall–Kier alpha value is -0.0400. The highest BCUT2D eigenvalue weighted by Gasteiger charge is 2.08. The van der Waals surface area contributed by atoms with Crippen LogP contribution in [-0.2, 0) is 0 Å². The van der Waals surface area contributed by atoms with E-state index in [9.17, 15) is 0 Å². The van der Waals surface area contributed by atoms with Gasteiger partial charge in [0.25, 0.3) is 0 Å². The Morgan fingerprint density at radius 3 is 0.821 bits per heavy atom. The van der Waals surface area contributed by atoms with E-state index in [1.54, 1.807) is 0 Å². The molecule has 0 fully saturated rings. The zero-order valence-corrected chi connectivity index (χ0v) is 20.3. The molecule has 0 aliphatic carbocycles. The molecular formula is C27H57N. The van der Waals surface area contributed by atoms with Gasteiger partial charge >= 0.3 is 0 Å². The van der Waals surface area contributed by atoms with E-state index in [-0.39, 0.29) is 5.54 Å². The van der Waals surface area contributed by atoms with E-state index in [1.165, 1.54) is 148 Å². The largest absolute Gasteiger partial charge is 0.326 e. The van der Waals surface area contributed by atoms with Crippen LogP contribution >= 0.6 is 0 Å². The summed E-state index contributed by atoms with van der Waals surface area (Å²) < 4.78 is 0. The Bertz CT molecular complexity index is 278. The summed E-state index contributed by atoms with van der Waals surface area (Å²) in [6, 6.07) is 0. The van der Waals surface area contributed by atoms with Crippen molar-refractivity contribution in [1.82, 2.24) is 0 Å². The zero-order valence-electron chi connectivity index (χ0n) is 20.3. The lowest BCUT2D eigenvalue weighted by atomic mass is 9.97. The molecule has 0 aliphatic heterocycles. The minimum absolute atomic E-state index is 0.0353. The minimum atomic E-state index is 0.0353. The summed E-state index contributed by atoms with van der Waals surface area (Å²) in [6.45, 7) is 6.59. The van der Waals surface area contributed by atoms with Crippen molar-refractivity contribution in [2.24, 2.45) is 5.73 Å². The summed E-state index contributed by atoms with van der Waals surface area (Å²) in [4.78, 5) is 0. The lowest BCUT2D eigenvalue weighted by Crippen LogP contribution is -2.31. The van der Waals surface area contributed by atoms with Crippen molar-refractivity contribution in [2.75, 3.05) is 0 Å². The molecule has 0 atom stereocenters. The highest BCUT2D eigenvalue weighted by molar-refractivity contribution is 4.70. The zero-order chi connectivity index (χ0) is 20.8. The Morgan fingerprint density at radius 1 is 0.393 bits per heavy atom. The number of hydrogen-bond acceptors (Lipinski definition) is 1. The van der Waals surface area contributed by atoms with E-state index in [0.717, 1.165) is 0 Å². The van der Waals surface area contributed by atoms with E-state index in [0.29, 0.717) is 0 Å². The molecule has 1 nitrogen and oxygen atoms in total. The lowest BCUT2D eigenvalue weighted by Gasteiger charge is -2.17. The molecule has 0 saturated heterocycles. The van der Waals surface area contributed by atoms with Gasteiger partial charge < -0.3 is 5.73 Å². The first-order chi connectivity index (χ1) is 13.6. The van der Waals surface area contributed by atoms with Gasteiger partial charge in [-0.05, 0) is 20.3 Å². The van der Waals surface area contributed by atoms with Gasteiger partial charge in [-0.3, -0.25) is 0 Å². The third-order valence-electron chi connectivity index (χ3n) is 6.17. The third-order valence-corrected chi connectivity index (χ3v) is 6.17. The second-order valence-electron chi connectivity index (χ2n) is 10.2. The van der Waals surface area contributed by atoms with Crippen molar-refractivity contribution in [3.05, 3.63) is 0 Å². The topological polar surface area (TPSA) is 26.0 Å². The maximum atomic E-state index is 6.02. The van der Waals surface area contributed by atoms with Crippen molar-refractivity contribution in [1.29, 1.82) is 0 Å². The summed E-state index contributed by atoms with van der Waals surface area (Å²) in [5.41, 5.74) is 6.06. The van der Waals surface area contributed by atoms with Crippen molar-refractivity contribution < 1.29 is 0 Å². The monoisotopic (exact) mass is 395 g/mol. The first-order valence-electron chi connectivity index (χ1n) is 13.3. The average Bonchev–Trinajstić information content (AvgIpc) is 2.65. The lowest BCUT2D eigenvalue weighted by molar-refractivity contribution is 0.440. The molecule has 0 amide bonds. The molecule has 0 aromatic heterocycles. The van der Waals surface area contributed by atoms with Gasteiger partial charge in [0.15, 0.2) is 0 Å². The van der Waals surface area contributed by atoms with Crippen LogP contribution in [0.25, 0.3) is 0 Å². The van der Waals surface area contributed by atoms with Crippen molar-refractivity contribution in [3.8, 4) is 0 Å². The molecule has 28 heavy (non-hydrogen) atoms. The fourth-order valence-electron chi connectivity index (χ4n) is 4.19. The third kappa shape index (κ3) is 26.0. The van der Waals surface area contributed by atoms with E-state index < -0.39 is 0 Å². The van der Waals surface area contributed by atoms with E-state index >= 15 is 0 Å². The molecule has 0 heterocycles. The molecule has 0 aromatic carbocycles. The van der Waals surface area contributed by atoms with Crippen molar-refractivity contribution in [2.45, 2.75) is 174 Å². The molecule has 0 bridgehead atoms. The van der Waals surface area contributed by atoms with Crippen molar-refractivity contribution in [3.63, 3.8) is 0 Å². The van der Waals surface area contributed by atoms with Crippen LogP contribution in [0, 0.1) is 0 Å². The Kier molecular flexibility index (Phi) is 21.6. The number of unbranched alkanes of at least 4 members (excludes halogenated alkanes) is 21. The first-order valence-corrected chi connectivity index (χ1v) is 13.3. The fourth-order valence-corrected chi connectivity index (χ4v) is 4.19. The predicted octanol–water partition coefficient (Wildman–Crippen LogP) is 9.72. The molecule has 1 heteroatoms. The van der Waals surface area contributed by atoms with Gasteiger partial charge in [0, 0.05) is 5.54 Å². The van der Waals surface area contributed by atoms with Crippen LogP contribution < -0.4 is 5.73 Å². The van der Waals surface area contributed by atoms with Crippen LogP contribution in [-0.4, -0.2) is 5.54 Å². The van der Waals surface area contributed by atoms with E-state index in [1.807, 2.05) is 0 Å². The van der Waals surface area contributed by atoms with E-state index in [4.69, 9.17) is 5.73 Å². The SMILES string of the molecule is CCCCCCCCCCCCCCCCCCCCCCCCC(C)(C)N. The number of nitrogens with two attached hydrogens (primary N) is 1. The molecule has 0 rings (SSSR count). The Morgan fingerprint density at radius 2 is 0.607 bits per heavy atom. The first kappa shape index (κ1) is 28.0. The van der Waals surface area contributed by atoms with Gasteiger partial charge in [0.2, 0.25) is 0 Å². The molecule has 0 spiro atoms. The summed E-state index contributed by atoms with van der Waals surface area (Å²) in [7, 11) is 0. The van der Waals surface area contributed by atoms with Gasteiger partial charge in [-0.25, -0.2) is 0 Å². The quantitative estimate of drug-likeness (QED) is 0.171. The normalized spacial score (nSPS) is 12.0. The van der Waals surface area contributed by atoms with Crippen LogP contribution in [0.2, 0.25) is 0 Å². The fraction of sp³-hybridized carbons (Fsp3) is 1.00. The van der Waals surface area contributed by atoms with Gasteiger partial charge in [0.1, 0.15) is 0 Å². The van der Waals surface area contributed by atoms with Gasteiger partial charge in [-0.2, -0.15) is 0 Å². The number of hydrogen-bond donors (Lipinski definition) is 1. The molecule has 2 N–H and O–H groups in total.